The molecule has 0 aromatic heterocycles. The summed E-state index contributed by atoms with van der Waals surface area (Å²) in [7, 11) is 0. The third kappa shape index (κ3) is 3.69. The van der Waals surface area contributed by atoms with Gasteiger partial charge in [0.05, 0.1) is 0 Å². The van der Waals surface area contributed by atoms with E-state index in [-0.39, 0.29) is 25.1 Å². The van der Waals surface area contributed by atoms with E-state index in [1.807, 2.05) is 30.3 Å². The first kappa shape index (κ1) is 17.0. The predicted octanol–water partition coefficient (Wildman–Crippen LogP) is 4.73. The van der Waals surface area contributed by atoms with Gasteiger partial charge in [-0.25, -0.2) is 0 Å². The van der Waals surface area contributed by atoms with Crippen LogP contribution in [0, 0.1) is 5.92 Å². The fourth-order valence-corrected chi connectivity index (χ4v) is 4.06. The highest BCUT2D eigenvalue weighted by molar-refractivity contribution is 5.87. The van der Waals surface area contributed by atoms with E-state index in [2.05, 4.69) is 12.1 Å². The van der Waals surface area contributed by atoms with E-state index in [0.29, 0.717) is 23.2 Å². The third-order valence-corrected chi connectivity index (χ3v) is 5.35. The second-order valence-corrected chi connectivity index (χ2v) is 7.06. The minimum absolute atomic E-state index is 0.0782. The molecule has 0 N–H and O–H groups in total. The first-order valence-corrected chi connectivity index (χ1v) is 9.41. The number of fused-ring (bicyclic) bond motifs is 1. The van der Waals surface area contributed by atoms with Gasteiger partial charge in [0.2, 0.25) is 6.79 Å². The van der Waals surface area contributed by atoms with Crippen molar-refractivity contribution >= 4 is 5.78 Å². The Morgan fingerprint density at radius 2 is 1.77 bits per heavy atom. The minimum atomic E-state index is -0.0782. The molecule has 0 amide bonds. The summed E-state index contributed by atoms with van der Waals surface area (Å²) < 4.78 is 16.5. The van der Waals surface area contributed by atoms with E-state index in [1.54, 1.807) is 6.07 Å². The van der Waals surface area contributed by atoms with Crippen molar-refractivity contribution in [1.29, 1.82) is 0 Å². The molecule has 0 bridgehead atoms. The van der Waals surface area contributed by atoms with E-state index in [0.717, 1.165) is 18.4 Å². The Bertz CT molecular complexity index is 750. The van der Waals surface area contributed by atoms with E-state index >= 15 is 0 Å². The quantitative estimate of drug-likeness (QED) is 0.754. The van der Waals surface area contributed by atoms with Crippen molar-refractivity contribution in [2.75, 3.05) is 13.4 Å². The lowest BCUT2D eigenvalue weighted by molar-refractivity contribution is -0.124. The first-order valence-electron chi connectivity index (χ1n) is 9.41. The fourth-order valence-electron chi connectivity index (χ4n) is 4.06. The van der Waals surface area contributed by atoms with Crippen LogP contribution in [0.5, 0.6) is 17.2 Å². The number of hydrogen-bond acceptors (Lipinski definition) is 4. The zero-order valence-electron chi connectivity index (χ0n) is 14.9. The van der Waals surface area contributed by atoms with Crippen LogP contribution in [0.15, 0.2) is 48.5 Å². The number of rotatable bonds is 6. The summed E-state index contributed by atoms with van der Waals surface area (Å²) in [6.45, 7) is 0.311. The second-order valence-electron chi connectivity index (χ2n) is 7.06. The summed E-state index contributed by atoms with van der Waals surface area (Å²) in [5.74, 6) is 2.51. The second kappa shape index (κ2) is 7.81. The Hall–Kier alpha value is -2.49. The van der Waals surface area contributed by atoms with Crippen LogP contribution in [-0.2, 0) is 4.79 Å². The number of hydrogen-bond donors (Lipinski definition) is 0. The number of ether oxygens (including phenoxy) is 3. The van der Waals surface area contributed by atoms with Gasteiger partial charge in [0.25, 0.3) is 0 Å². The Kier molecular flexibility index (Phi) is 5.09. The summed E-state index contributed by atoms with van der Waals surface area (Å²) in [6.07, 6.45) is 5.94. The SMILES string of the molecule is O=C(COc1ccc2c(c1)OCO2)C(c1ccccc1)C1CCCCC1. The van der Waals surface area contributed by atoms with Crippen LogP contribution < -0.4 is 14.2 Å². The number of ketones is 1. The smallest absolute Gasteiger partial charge is 0.231 e. The largest absolute Gasteiger partial charge is 0.486 e. The molecule has 4 rings (SSSR count). The zero-order valence-corrected chi connectivity index (χ0v) is 14.9. The maximum absolute atomic E-state index is 13.1. The first-order chi connectivity index (χ1) is 12.8. The molecule has 2 aromatic rings. The third-order valence-electron chi connectivity index (χ3n) is 5.35. The monoisotopic (exact) mass is 352 g/mol. The molecule has 1 heterocycles. The number of carbonyl (C=O) groups excluding carboxylic acids is 1. The fraction of sp³-hybridized carbons (Fsp3) is 0.409. The Balaban J connectivity index is 1.47. The van der Waals surface area contributed by atoms with Gasteiger partial charge in [-0.05, 0) is 36.5 Å². The molecule has 1 atom stereocenters. The summed E-state index contributed by atoms with van der Waals surface area (Å²) in [6, 6.07) is 15.6. The van der Waals surface area contributed by atoms with Crippen molar-refractivity contribution in [3.63, 3.8) is 0 Å². The van der Waals surface area contributed by atoms with E-state index in [9.17, 15) is 4.79 Å². The van der Waals surface area contributed by atoms with Crippen LogP contribution in [0.4, 0.5) is 0 Å². The van der Waals surface area contributed by atoms with Gasteiger partial charge in [0.15, 0.2) is 17.3 Å². The molecule has 4 nitrogen and oxygen atoms in total. The maximum Gasteiger partial charge on any atom is 0.231 e. The average Bonchev–Trinajstić information content (AvgIpc) is 3.16. The molecule has 4 heteroatoms. The molecule has 1 aliphatic heterocycles. The predicted molar refractivity (Wildman–Crippen MR) is 98.8 cm³/mol. The van der Waals surface area contributed by atoms with Gasteiger partial charge >= 0.3 is 0 Å². The van der Waals surface area contributed by atoms with Gasteiger partial charge in [0.1, 0.15) is 12.4 Å². The topological polar surface area (TPSA) is 44.8 Å². The summed E-state index contributed by atoms with van der Waals surface area (Å²) in [4.78, 5) is 13.1. The molecule has 1 saturated carbocycles. The maximum atomic E-state index is 13.1. The Morgan fingerprint density at radius 1 is 1.00 bits per heavy atom. The van der Waals surface area contributed by atoms with Gasteiger partial charge < -0.3 is 14.2 Å². The zero-order chi connectivity index (χ0) is 17.8. The van der Waals surface area contributed by atoms with Gasteiger partial charge in [-0.2, -0.15) is 0 Å². The molecule has 136 valence electrons. The molecule has 0 radical (unpaired) electrons. The highest BCUT2D eigenvalue weighted by Crippen LogP contribution is 2.38. The van der Waals surface area contributed by atoms with Crippen LogP contribution in [0.1, 0.15) is 43.6 Å². The molecular formula is C22H24O4. The van der Waals surface area contributed by atoms with Crippen LogP contribution in [0.3, 0.4) is 0 Å². The summed E-state index contributed by atoms with van der Waals surface area (Å²) >= 11 is 0. The van der Waals surface area contributed by atoms with E-state index in [4.69, 9.17) is 14.2 Å². The van der Waals surface area contributed by atoms with Crippen molar-refractivity contribution in [2.45, 2.75) is 38.0 Å². The van der Waals surface area contributed by atoms with Crippen molar-refractivity contribution < 1.29 is 19.0 Å². The number of carbonyl (C=O) groups is 1. The summed E-state index contributed by atoms with van der Waals surface area (Å²) in [5, 5.41) is 0. The molecule has 1 unspecified atom stereocenters. The van der Waals surface area contributed by atoms with E-state index in [1.165, 1.54) is 19.3 Å². The van der Waals surface area contributed by atoms with Crippen molar-refractivity contribution in [2.24, 2.45) is 5.92 Å². The molecule has 2 aromatic carbocycles. The molecule has 2 aliphatic rings. The Morgan fingerprint density at radius 3 is 2.58 bits per heavy atom. The lowest BCUT2D eigenvalue weighted by Crippen LogP contribution is -2.28. The van der Waals surface area contributed by atoms with Gasteiger partial charge in [-0.15, -0.1) is 0 Å². The van der Waals surface area contributed by atoms with Gasteiger partial charge in [-0.1, -0.05) is 49.6 Å². The van der Waals surface area contributed by atoms with Crippen molar-refractivity contribution in [1.82, 2.24) is 0 Å². The van der Waals surface area contributed by atoms with E-state index < -0.39 is 0 Å². The highest BCUT2D eigenvalue weighted by atomic mass is 16.7. The van der Waals surface area contributed by atoms with Crippen molar-refractivity contribution in [3.8, 4) is 17.2 Å². The highest BCUT2D eigenvalue weighted by Gasteiger charge is 2.31. The summed E-state index contributed by atoms with van der Waals surface area (Å²) in [5.41, 5.74) is 1.11. The standard InChI is InChI=1S/C22H24O4/c23-19(14-24-18-11-12-20-21(13-18)26-15-25-20)22(16-7-3-1-4-8-16)17-9-5-2-6-10-17/h1,3-4,7-8,11-13,17,22H,2,5-6,9-10,14-15H2. The van der Waals surface area contributed by atoms with Crippen LogP contribution in [0.25, 0.3) is 0 Å². The van der Waals surface area contributed by atoms with Crippen LogP contribution >= 0.6 is 0 Å². The molecule has 1 fully saturated rings. The number of benzene rings is 2. The van der Waals surface area contributed by atoms with Gasteiger partial charge in [-0.3, -0.25) is 4.79 Å². The molecule has 26 heavy (non-hydrogen) atoms. The van der Waals surface area contributed by atoms with Crippen LogP contribution in [0.2, 0.25) is 0 Å². The molecule has 0 saturated heterocycles. The normalized spacial score (nSPS) is 17.7. The number of Topliss-reactive ketones (excluding diaryl/α,β-unsaturated/α-hetero) is 1. The average molecular weight is 352 g/mol. The molecule has 1 aliphatic carbocycles. The molecule has 0 spiro atoms. The molecular weight excluding hydrogens is 328 g/mol. The van der Waals surface area contributed by atoms with Gasteiger partial charge in [0, 0.05) is 12.0 Å². The van der Waals surface area contributed by atoms with Crippen LogP contribution in [-0.4, -0.2) is 19.2 Å². The lowest BCUT2D eigenvalue weighted by Gasteiger charge is -2.29. The lowest BCUT2D eigenvalue weighted by atomic mass is 9.75. The minimum Gasteiger partial charge on any atom is -0.486 e. The Labute approximate surface area is 154 Å². The van der Waals surface area contributed by atoms with Crippen molar-refractivity contribution in [3.05, 3.63) is 54.1 Å².